The minimum absolute atomic E-state index is 0.127. The van der Waals surface area contributed by atoms with Crippen molar-refractivity contribution in [2.24, 2.45) is 0 Å². The summed E-state index contributed by atoms with van der Waals surface area (Å²) >= 11 is 0. The molecule has 1 aromatic carbocycles. The fourth-order valence-electron chi connectivity index (χ4n) is 2.69. The first kappa shape index (κ1) is 15.3. The average molecular weight is 287 g/mol. The number of aliphatic hydroxyl groups is 1. The van der Waals surface area contributed by atoms with Gasteiger partial charge in [-0.25, -0.2) is 0 Å². The van der Waals surface area contributed by atoms with E-state index in [0.29, 0.717) is 12.1 Å². The Labute approximate surface area is 117 Å². The molecule has 0 amide bonds. The van der Waals surface area contributed by atoms with Gasteiger partial charge in [-0.1, -0.05) is 24.6 Å². The van der Waals surface area contributed by atoms with E-state index >= 15 is 0 Å². The molecule has 1 fully saturated rings. The largest absolute Gasteiger partial charge is 0.416 e. The molecule has 1 saturated heterocycles. The van der Waals surface area contributed by atoms with Gasteiger partial charge in [-0.3, -0.25) is 0 Å². The lowest BCUT2D eigenvalue weighted by Gasteiger charge is -2.30. The number of piperidine rings is 1. The van der Waals surface area contributed by atoms with Gasteiger partial charge in [-0.15, -0.1) is 0 Å². The Morgan fingerprint density at radius 2 is 1.85 bits per heavy atom. The number of nitrogens with zero attached hydrogens (tertiary/aromatic N) is 1. The van der Waals surface area contributed by atoms with Crippen molar-refractivity contribution in [1.82, 2.24) is 4.90 Å². The zero-order valence-electron chi connectivity index (χ0n) is 11.4. The van der Waals surface area contributed by atoms with Crippen LogP contribution in [0.5, 0.6) is 0 Å². The van der Waals surface area contributed by atoms with E-state index in [1.807, 2.05) is 0 Å². The van der Waals surface area contributed by atoms with Gasteiger partial charge in [-0.2, -0.15) is 13.2 Å². The molecule has 1 atom stereocenters. The van der Waals surface area contributed by atoms with Gasteiger partial charge in [0.05, 0.1) is 12.2 Å². The molecule has 0 radical (unpaired) electrons. The molecule has 0 spiro atoms. The minimum atomic E-state index is -4.33. The van der Waals surface area contributed by atoms with Crippen LogP contribution in [-0.4, -0.2) is 36.2 Å². The molecule has 0 aliphatic carbocycles. The lowest BCUT2D eigenvalue weighted by Crippen LogP contribution is -2.34. The predicted molar refractivity (Wildman–Crippen MR) is 71.6 cm³/mol. The van der Waals surface area contributed by atoms with Gasteiger partial charge in [0.2, 0.25) is 0 Å². The summed E-state index contributed by atoms with van der Waals surface area (Å²) in [5.41, 5.74) is -0.0833. The molecule has 0 saturated carbocycles. The van der Waals surface area contributed by atoms with Crippen molar-refractivity contribution in [2.75, 3.05) is 26.2 Å². The lowest BCUT2D eigenvalue weighted by molar-refractivity contribution is -0.137. The number of halogens is 3. The number of likely N-dealkylation sites (tertiary alicyclic amines) is 1. The highest BCUT2D eigenvalue weighted by Crippen LogP contribution is 2.31. The van der Waals surface area contributed by atoms with E-state index in [9.17, 15) is 18.3 Å². The Morgan fingerprint density at radius 1 is 1.15 bits per heavy atom. The van der Waals surface area contributed by atoms with E-state index in [1.54, 1.807) is 6.07 Å². The van der Waals surface area contributed by atoms with Crippen LogP contribution in [0, 0.1) is 0 Å². The molecule has 0 aromatic heterocycles. The fraction of sp³-hybridized carbons (Fsp3) is 0.600. The topological polar surface area (TPSA) is 23.5 Å². The Hall–Kier alpha value is -1.07. The van der Waals surface area contributed by atoms with Crippen LogP contribution in [0.2, 0.25) is 0 Å². The van der Waals surface area contributed by atoms with Gasteiger partial charge in [0.1, 0.15) is 0 Å². The average Bonchev–Trinajstić information content (AvgIpc) is 2.45. The van der Waals surface area contributed by atoms with Crippen molar-refractivity contribution in [3.8, 4) is 0 Å². The molecule has 0 bridgehead atoms. The zero-order valence-corrected chi connectivity index (χ0v) is 11.4. The van der Waals surface area contributed by atoms with Crippen molar-refractivity contribution in [3.63, 3.8) is 0 Å². The second-order valence-electron chi connectivity index (χ2n) is 5.36. The van der Waals surface area contributed by atoms with Gasteiger partial charge in [0.15, 0.2) is 0 Å². The van der Waals surface area contributed by atoms with Gasteiger partial charge in [-0.05, 0) is 37.6 Å². The number of benzene rings is 1. The summed E-state index contributed by atoms with van der Waals surface area (Å²) in [6.45, 7) is 2.43. The number of rotatable bonds is 4. The summed E-state index contributed by atoms with van der Waals surface area (Å²) in [6, 6.07) is 5.31. The minimum Gasteiger partial charge on any atom is -0.396 e. The first-order chi connectivity index (χ1) is 9.50. The maximum absolute atomic E-state index is 12.7. The van der Waals surface area contributed by atoms with Gasteiger partial charge >= 0.3 is 6.18 Å². The SMILES string of the molecule is OCC(CN1CCCCC1)c1cccc(C(F)(F)F)c1. The van der Waals surface area contributed by atoms with Crippen LogP contribution in [0.1, 0.15) is 36.3 Å². The first-order valence-electron chi connectivity index (χ1n) is 7.01. The summed E-state index contributed by atoms with van der Waals surface area (Å²) < 4.78 is 38.2. The summed E-state index contributed by atoms with van der Waals surface area (Å²) in [6.07, 6.45) is -0.869. The van der Waals surface area contributed by atoms with Crippen LogP contribution < -0.4 is 0 Å². The van der Waals surface area contributed by atoms with Crippen LogP contribution in [0.4, 0.5) is 13.2 Å². The third-order valence-corrected chi connectivity index (χ3v) is 3.83. The molecule has 20 heavy (non-hydrogen) atoms. The Morgan fingerprint density at radius 3 is 2.45 bits per heavy atom. The van der Waals surface area contributed by atoms with E-state index in [1.165, 1.54) is 12.5 Å². The summed E-state index contributed by atoms with van der Waals surface area (Å²) in [7, 11) is 0. The highest BCUT2D eigenvalue weighted by Gasteiger charge is 2.31. The van der Waals surface area contributed by atoms with Crippen molar-refractivity contribution < 1.29 is 18.3 Å². The zero-order chi connectivity index (χ0) is 14.6. The summed E-state index contributed by atoms with van der Waals surface area (Å²) in [5.74, 6) is -0.254. The third kappa shape index (κ3) is 3.96. The maximum atomic E-state index is 12.7. The summed E-state index contributed by atoms with van der Waals surface area (Å²) in [4.78, 5) is 2.23. The van der Waals surface area contributed by atoms with Crippen molar-refractivity contribution >= 4 is 0 Å². The summed E-state index contributed by atoms with van der Waals surface area (Å²) in [5, 5.41) is 9.50. The molecule has 112 valence electrons. The van der Waals surface area contributed by atoms with Crippen molar-refractivity contribution in [2.45, 2.75) is 31.4 Å². The van der Waals surface area contributed by atoms with E-state index in [0.717, 1.165) is 38.1 Å². The monoisotopic (exact) mass is 287 g/mol. The van der Waals surface area contributed by atoms with Crippen LogP contribution in [0.3, 0.4) is 0 Å². The van der Waals surface area contributed by atoms with Crippen LogP contribution in [0.15, 0.2) is 24.3 Å². The highest BCUT2D eigenvalue weighted by molar-refractivity contribution is 5.28. The molecule has 1 aromatic rings. The van der Waals surface area contributed by atoms with E-state index < -0.39 is 11.7 Å². The maximum Gasteiger partial charge on any atom is 0.416 e. The number of alkyl halides is 3. The van der Waals surface area contributed by atoms with E-state index in [2.05, 4.69) is 4.90 Å². The van der Waals surface area contributed by atoms with Gasteiger partial charge in [0.25, 0.3) is 0 Å². The first-order valence-corrected chi connectivity index (χ1v) is 7.01. The number of aliphatic hydroxyl groups excluding tert-OH is 1. The Balaban J connectivity index is 2.10. The molecular weight excluding hydrogens is 267 g/mol. The van der Waals surface area contributed by atoms with Crippen LogP contribution in [0.25, 0.3) is 0 Å². The quantitative estimate of drug-likeness (QED) is 0.918. The molecule has 1 heterocycles. The van der Waals surface area contributed by atoms with Crippen LogP contribution >= 0.6 is 0 Å². The third-order valence-electron chi connectivity index (χ3n) is 3.83. The van der Waals surface area contributed by atoms with Crippen molar-refractivity contribution in [3.05, 3.63) is 35.4 Å². The number of hydrogen-bond acceptors (Lipinski definition) is 2. The molecule has 2 rings (SSSR count). The molecule has 1 unspecified atom stereocenters. The molecule has 2 nitrogen and oxygen atoms in total. The number of hydrogen-bond donors (Lipinski definition) is 1. The Kier molecular flexibility index (Phi) is 5.05. The molecular formula is C15H20F3NO. The van der Waals surface area contributed by atoms with Gasteiger partial charge in [0, 0.05) is 12.5 Å². The molecule has 1 aliphatic heterocycles. The molecule has 1 N–H and O–H groups in total. The van der Waals surface area contributed by atoms with Gasteiger partial charge < -0.3 is 10.0 Å². The van der Waals surface area contributed by atoms with E-state index in [-0.39, 0.29) is 12.5 Å². The van der Waals surface area contributed by atoms with Crippen LogP contribution in [-0.2, 0) is 6.18 Å². The lowest BCUT2D eigenvalue weighted by atomic mass is 9.96. The van der Waals surface area contributed by atoms with Crippen molar-refractivity contribution in [1.29, 1.82) is 0 Å². The Bertz CT molecular complexity index is 427. The molecule has 1 aliphatic rings. The normalized spacial score (nSPS) is 19.0. The second kappa shape index (κ2) is 6.59. The molecule has 5 heteroatoms. The van der Waals surface area contributed by atoms with E-state index in [4.69, 9.17) is 0 Å². The smallest absolute Gasteiger partial charge is 0.396 e. The fourth-order valence-corrected chi connectivity index (χ4v) is 2.69. The predicted octanol–water partition coefficient (Wildman–Crippen LogP) is 3.27. The standard InChI is InChI=1S/C15H20F3NO/c16-15(17,18)14-6-4-5-12(9-14)13(11-20)10-19-7-2-1-3-8-19/h4-6,9,13,20H,1-3,7-8,10-11H2. The highest BCUT2D eigenvalue weighted by atomic mass is 19.4. The second-order valence-corrected chi connectivity index (χ2v) is 5.36.